The zero-order valence-corrected chi connectivity index (χ0v) is 27.3. The standard InChI is InChI=1S/C37H40N4O5S/c1-46-34-15-10-28(11-16-34)14-19-36(42)41(26-29-12-17-35(18-13-29)47(38,44)45)27-30-6-4-7-31(24-30)32-8-5-9-33(25-32)37(43)39-20-23-40-21-2-3-22-40/h4-19,24-25H,2-3,20-23,26-27H2,1H3,(H,39,43)(H2,38,44,45). The number of likely N-dealkylation sites (tertiary alicyclic amines) is 1. The Hall–Kier alpha value is -4.77. The van der Waals surface area contributed by atoms with Gasteiger partial charge in [-0.05, 0) is 102 Å². The summed E-state index contributed by atoms with van der Waals surface area (Å²) >= 11 is 0. The minimum atomic E-state index is -3.83. The summed E-state index contributed by atoms with van der Waals surface area (Å²) in [5.41, 5.74) is 4.91. The van der Waals surface area contributed by atoms with Gasteiger partial charge in [-0.2, -0.15) is 0 Å². The Labute approximate surface area is 276 Å². The number of rotatable bonds is 13. The van der Waals surface area contributed by atoms with E-state index < -0.39 is 10.0 Å². The molecule has 0 atom stereocenters. The molecule has 0 spiro atoms. The summed E-state index contributed by atoms with van der Waals surface area (Å²) in [5.74, 6) is 0.409. The van der Waals surface area contributed by atoms with Crippen molar-refractivity contribution in [3.63, 3.8) is 0 Å². The average Bonchev–Trinajstić information content (AvgIpc) is 3.61. The summed E-state index contributed by atoms with van der Waals surface area (Å²) in [7, 11) is -2.23. The van der Waals surface area contributed by atoms with Crippen LogP contribution in [-0.4, -0.2) is 63.3 Å². The summed E-state index contributed by atoms with van der Waals surface area (Å²) < 4.78 is 28.7. The Morgan fingerprint density at radius 1 is 0.872 bits per heavy atom. The van der Waals surface area contributed by atoms with Gasteiger partial charge in [0.05, 0.1) is 12.0 Å². The lowest BCUT2D eigenvalue weighted by atomic mass is 10.0. The van der Waals surface area contributed by atoms with E-state index in [1.807, 2.05) is 72.8 Å². The van der Waals surface area contributed by atoms with E-state index in [1.165, 1.54) is 31.1 Å². The average molecular weight is 653 g/mol. The number of sulfonamides is 1. The van der Waals surface area contributed by atoms with Crippen LogP contribution in [0.5, 0.6) is 5.75 Å². The first-order chi connectivity index (χ1) is 22.7. The Morgan fingerprint density at radius 3 is 2.21 bits per heavy atom. The fourth-order valence-corrected chi connectivity index (χ4v) is 6.07. The van der Waals surface area contributed by atoms with Gasteiger partial charge >= 0.3 is 0 Å². The smallest absolute Gasteiger partial charge is 0.251 e. The largest absolute Gasteiger partial charge is 0.497 e. The first kappa shape index (κ1) is 33.6. The highest BCUT2D eigenvalue weighted by Gasteiger charge is 2.16. The van der Waals surface area contributed by atoms with Gasteiger partial charge in [-0.25, -0.2) is 13.6 Å². The zero-order chi connectivity index (χ0) is 33.2. The van der Waals surface area contributed by atoms with E-state index in [0.29, 0.717) is 18.7 Å². The molecular formula is C37H40N4O5S. The van der Waals surface area contributed by atoms with Crippen LogP contribution in [-0.2, 0) is 27.9 Å². The number of ether oxygens (including phenoxy) is 1. The number of benzene rings is 4. The van der Waals surface area contributed by atoms with Crippen LogP contribution in [0.2, 0.25) is 0 Å². The van der Waals surface area contributed by atoms with Crippen LogP contribution in [0.4, 0.5) is 0 Å². The number of carbonyl (C=O) groups excluding carboxylic acids is 2. The minimum absolute atomic E-state index is 0.00809. The molecule has 244 valence electrons. The fraction of sp³-hybridized carbons (Fsp3) is 0.243. The molecule has 1 fully saturated rings. The summed E-state index contributed by atoms with van der Waals surface area (Å²) in [6.45, 7) is 4.19. The van der Waals surface area contributed by atoms with E-state index in [4.69, 9.17) is 9.88 Å². The molecule has 10 heteroatoms. The number of amides is 2. The van der Waals surface area contributed by atoms with Crippen molar-refractivity contribution in [2.45, 2.75) is 30.8 Å². The lowest BCUT2D eigenvalue weighted by molar-refractivity contribution is -0.127. The molecule has 2 amide bonds. The first-order valence-electron chi connectivity index (χ1n) is 15.6. The van der Waals surface area contributed by atoms with Gasteiger partial charge in [0.2, 0.25) is 15.9 Å². The van der Waals surface area contributed by atoms with Gasteiger partial charge in [-0.3, -0.25) is 9.59 Å². The molecule has 1 aliphatic heterocycles. The lowest BCUT2D eigenvalue weighted by Crippen LogP contribution is -2.33. The minimum Gasteiger partial charge on any atom is -0.497 e. The van der Waals surface area contributed by atoms with Crippen molar-refractivity contribution >= 4 is 27.9 Å². The SMILES string of the molecule is COc1ccc(C=CC(=O)N(Cc2ccc(S(N)(=O)=O)cc2)Cc2cccc(-c3cccc(C(=O)NCCN4CCCC4)c3)c2)cc1. The Morgan fingerprint density at radius 2 is 1.53 bits per heavy atom. The summed E-state index contributed by atoms with van der Waals surface area (Å²) in [5, 5.41) is 8.31. The molecule has 0 aliphatic carbocycles. The molecule has 1 heterocycles. The van der Waals surface area contributed by atoms with Crippen molar-refractivity contribution in [3.05, 3.63) is 125 Å². The van der Waals surface area contributed by atoms with Gasteiger partial charge < -0.3 is 19.9 Å². The number of primary sulfonamides is 1. The molecule has 1 aliphatic rings. The normalized spacial score (nSPS) is 13.5. The third-order valence-electron chi connectivity index (χ3n) is 8.14. The first-order valence-corrected chi connectivity index (χ1v) is 17.2. The van der Waals surface area contributed by atoms with Crippen molar-refractivity contribution in [1.82, 2.24) is 15.1 Å². The number of hydrogen-bond donors (Lipinski definition) is 2. The lowest BCUT2D eigenvalue weighted by Gasteiger charge is -2.22. The van der Waals surface area contributed by atoms with Crippen LogP contribution >= 0.6 is 0 Å². The molecule has 9 nitrogen and oxygen atoms in total. The van der Waals surface area contributed by atoms with Crippen LogP contribution in [0.25, 0.3) is 17.2 Å². The van der Waals surface area contributed by atoms with Crippen LogP contribution in [0.3, 0.4) is 0 Å². The zero-order valence-electron chi connectivity index (χ0n) is 26.5. The van der Waals surface area contributed by atoms with Crippen molar-refractivity contribution in [1.29, 1.82) is 0 Å². The molecule has 0 unspecified atom stereocenters. The van der Waals surface area contributed by atoms with Crippen LogP contribution in [0.15, 0.2) is 108 Å². The van der Waals surface area contributed by atoms with Crippen LogP contribution in [0.1, 0.15) is 39.9 Å². The second-order valence-electron chi connectivity index (χ2n) is 11.6. The van der Waals surface area contributed by atoms with Gasteiger partial charge in [0.25, 0.3) is 5.91 Å². The maximum absolute atomic E-state index is 13.6. The van der Waals surface area contributed by atoms with E-state index in [2.05, 4.69) is 10.2 Å². The molecule has 5 rings (SSSR count). The maximum atomic E-state index is 13.6. The van der Waals surface area contributed by atoms with Crippen molar-refractivity contribution in [3.8, 4) is 16.9 Å². The van der Waals surface area contributed by atoms with Gasteiger partial charge in [-0.15, -0.1) is 0 Å². The highest BCUT2D eigenvalue weighted by molar-refractivity contribution is 7.89. The summed E-state index contributed by atoms with van der Waals surface area (Å²) in [6.07, 6.45) is 5.71. The number of methoxy groups -OCH3 is 1. The molecule has 4 aromatic rings. The van der Waals surface area contributed by atoms with Crippen molar-refractivity contribution < 1.29 is 22.7 Å². The van der Waals surface area contributed by atoms with Crippen molar-refractivity contribution in [2.24, 2.45) is 5.14 Å². The third kappa shape index (κ3) is 9.62. The predicted octanol–water partition coefficient (Wildman–Crippen LogP) is 5.08. The molecule has 47 heavy (non-hydrogen) atoms. The molecule has 0 aromatic heterocycles. The quantitative estimate of drug-likeness (QED) is 0.195. The Kier molecular flexibility index (Phi) is 11.2. The summed E-state index contributed by atoms with van der Waals surface area (Å²) in [4.78, 5) is 30.5. The molecule has 0 saturated carbocycles. The monoisotopic (exact) mass is 652 g/mol. The van der Waals surface area contributed by atoms with Crippen LogP contribution in [0, 0.1) is 0 Å². The van der Waals surface area contributed by atoms with Gasteiger partial charge in [0.15, 0.2) is 0 Å². The second kappa shape index (κ2) is 15.7. The van der Waals surface area contributed by atoms with E-state index in [0.717, 1.165) is 53.2 Å². The predicted molar refractivity (Wildman–Crippen MR) is 184 cm³/mol. The number of nitrogens with one attached hydrogen (secondary N) is 1. The number of hydrogen-bond acceptors (Lipinski definition) is 6. The van der Waals surface area contributed by atoms with Gasteiger partial charge in [-0.1, -0.05) is 54.6 Å². The molecular weight excluding hydrogens is 612 g/mol. The number of carbonyl (C=O) groups is 2. The molecule has 3 N–H and O–H groups in total. The molecule has 4 aromatic carbocycles. The van der Waals surface area contributed by atoms with Crippen molar-refractivity contribution in [2.75, 3.05) is 33.3 Å². The Balaban J connectivity index is 1.33. The van der Waals surface area contributed by atoms with Crippen LogP contribution < -0.4 is 15.2 Å². The van der Waals surface area contributed by atoms with E-state index in [1.54, 1.807) is 30.2 Å². The molecule has 1 saturated heterocycles. The van der Waals surface area contributed by atoms with E-state index >= 15 is 0 Å². The van der Waals surface area contributed by atoms with Gasteiger partial charge in [0.1, 0.15) is 5.75 Å². The topological polar surface area (TPSA) is 122 Å². The number of nitrogens with two attached hydrogens (primary N) is 1. The fourth-order valence-electron chi connectivity index (χ4n) is 5.55. The van der Waals surface area contributed by atoms with E-state index in [-0.39, 0.29) is 23.3 Å². The third-order valence-corrected chi connectivity index (χ3v) is 9.07. The maximum Gasteiger partial charge on any atom is 0.251 e. The number of nitrogens with zero attached hydrogens (tertiary/aromatic N) is 2. The second-order valence-corrected chi connectivity index (χ2v) is 13.1. The van der Waals surface area contributed by atoms with Gasteiger partial charge in [0, 0.05) is 37.8 Å². The highest BCUT2D eigenvalue weighted by Crippen LogP contribution is 2.23. The molecule has 0 radical (unpaired) electrons. The van der Waals surface area contributed by atoms with E-state index in [9.17, 15) is 18.0 Å². The molecule has 0 bridgehead atoms. The summed E-state index contributed by atoms with van der Waals surface area (Å²) in [6, 6.07) is 29.0. The highest BCUT2D eigenvalue weighted by atomic mass is 32.2. The Bertz CT molecular complexity index is 1820.